The van der Waals surface area contributed by atoms with E-state index in [4.69, 9.17) is 0 Å². The van der Waals surface area contributed by atoms with Gasteiger partial charge >= 0.3 is 5.97 Å². The van der Waals surface area contributed by atoms with Gasteiger partial charge in [-0.05, 0) is 18.1 Å². The number of carbonyl (C=O) groups excluding carboxylic acids is 2. The van der Waals surface area contributed by atoms with E-state index in [1.807, 2.05) is 6.07 Å². The summed E-state index contributed by atoms with van der Waals surface area (Å²) in [6, 6.07) is 3.64. The summed E-state index contributed by atoms with van der Waals surface area (Å²) in [6.45, 7) is 2.13. The van der Waals surface area contributed by atoms with Crippen molar-refractivity contribution in [1.29, 1.82) is 0 Å². The highest BCUT2D eigenvalue weighted by molar-refractivity contribution is 5.97. The average Bonchev–Trinajstić information content (AvgIpc) is 2.38. The zero-order chi connectivity index (χ0) is 12.7. The highest BCUT2D eigenvalue weighted by Crippen LogP contribution is 2.05. The minimum Gasteiger partial charge on any atom is -0.468 e. The maximum absolute atomic E-state index is 11.7. The molecule has 0 aliphatic carbocycles. The van der Waals surface area contributed by atoms with Crippen LogP contribution < -0.4 is 5.32 Å². The fourth-order valence-electron chi connectivity index (χ4n) is 1.42. The Morgan fingerprint density at radius 3 is 2.82 bits per heavy atom. The second-order valence-corrected chi connectivity index (χ2v) is 3.56. The Bertz CT molecular complexity index is 379. The van der Waals surface area contributed by atoms with Gasteiger partial charge in [0, 0.05) is 18.9 Å². The summed E-state index contributed by atoms with van der Waals surface area (Å²) >= 11 is 0. The van der Waals surface area contributed by atoms with Gasteiger partial charge in [-0.1, -0.05) is 13.0 Å². The van der Waals surface area contributed by atoms with E-state index in [0.717, 1.165) is 5.56 Å². The molecule has 17 heavy (non-hydrogen) atoms. The molecule has 0 bridgehead atoms. The number of methoxy groups -OCH3 is 1. The number of aromatic nitrogens is 1. The van der Waals surface area contributed by atoms with Crippen molar-refractivity contribution in [2.45, 2.75) is 19.9 Å². The molecule has 0 aliphatic heterocycles. The summed E-state index contributed by atoms with van der Waals surface area (Å²) in [4.78, 5) is 27.0. The van der Waals surface area contributed by atoms with E-state index in [-0.39, 0.29) is 5.91 Å². The van der Waals surface area contributed by atoms with Crippen LogP contribution >= 0.6 is 0 Å². The molecule has 1 N–H and O–H groups in total. The number of hydrogen-bond donors (Lipinski definition) is 1. The molecule has 0 aromatic carbocycles. The Kier molecular flexibility index (Phi) is 5.13. The number of amides is 1. The van der Waals surface area contributed by atoms with Crippen LogP contribution in [0, 0.1) is 5.92 Å². The highest BCUT2D eigenvalue weighted by Gasteiger charge is 2.24. The average molecular weight is 236 g/mol. The second kappa shape index (κ2) is 6.62. The molecule has 1 atom stereocenters. The molecule has 0 fully saturated rings. The van der Waals surface area contributed by atoms with Crippen LogP contribution in [0.2, 0.25) is 0 Å². The van der Waals surface area contributed by atoms with Crippen LogP contribution in [0.15, 0.2) is 24.5 Å². The molecule has 1 unspecified atom stereocenters. The van der Waals surface area contributed by atoms with Crippen molar-refractivity contribution in [3.8, 4) is 0 Å². The quantitative estimate of drug-likeness (QED) is 0.609. The van der Waals surface area contributed by atoms with E-state index in [1.54, 1.807) is 25.4 Å². The van der Waals surface area contributed by atoms with Crippen molar-refractivity contribution in [3.05, 3.63) is 30.1 Å². The smallest absolute Gasteiger partial charge is 0.318 e. The van der Waals surface area contributed by atoms with E-state index in [2.05, 4.69) is 15.0 Å². The summed E-state index contributed by atoms with van der Waals surface area (Å²) in [5.74, 6) is -1.56. The van der Waals surface area contributed by atoms with Crippen LogP contribution in [0.1, 0.15) is 18.9 Å². The number of pyridine rings is 1. The monoisotopic (exact) mass is 236 g/mol. The summed E-state index contributed by atoms with van der Waals surface area (Å²) in [7, 11) is 1.28. The molecule has 5 nitrogen and oxygen atoms in total. The number of hydrogen-bond acceptors (Lipinski definition) is 4. The lowest BCUT2D eigenvalue weighted by atomic mass is 10.1. The van der Waals surface area contributed by atoms with Crippen molar-refractivity contribution >= 4 is 11.9 Å². The molecule has 0 saturated heterocycles. The van der Waals surface area contributed by atoms with Crippen LogP contribution in [0.4, 0.5) is 0 Å². The molecule has 1 rings (SSSR count). The van der Waals surface area contributed by atoms with Gasteiger partial charge in [0.05, 0.1) is 7.11 Å². The van der Waals surface area contributed by atoms with Crippen molar-refractivity contribution in [3.63, 3.8) is 0 Å². The van der Waals surface area contributed by atoms with Crippen LogP contribution in [-0.4, -0.2) is 24.0 Å². The SMILES string of the molecule is CCC(C(=O)NCc1cccnc1)C(=O)OC. The number of rotatable bonds is 5. The van der Waals surface area contributed by atoms with Gasteiger partial charge in [-0.25, -0.2) is 0 Å². The molecule has 1 aromatic rings. The number of nitrogens with zero attached hydrogens (tertiary/aromatic N) is 1. The highest BCUT2D eigenvalue weighted by atomic mass is 16.5. The summed E-state index contributed by atoms with van der Waals surface area (Å²) in [5.41, 5.74) is 0.889. The van der Waals surface area contributed by atoms with Gasteiger partial charge in [0.2, 0.25) is 5.91 Å². The number of esters is 1. The third-order valence-corrected chi connectivity index (χ3v) is 2.40. The Morgan fingerprint density at radius 2 is 2.29 bits per heavy atom. The largest absolute Gasteiger partial charge is 0.468 e. The maximum Gasteiger partial charge on any atom is 0.318 e. The fraction of sp³-hybridized carbons (Fsp3) is 0.417. The van der Waals surface area contributed by atoms with Gasteiger partial charge in [0.25, 0.3) is 0 Å². The number of nitrogens with one attached hydrogen (secondary N) is 1. The van der Waals surface area contributed by atoms with Gasteiger partial charge in [-0.15, -0.1) is 0 Å². The third kappa shape index (κ3) is 3.86. The zero-order valence-corrected chi connectivity index (χ0v) is 9.97. The van der Waals surface area contributed by atoms with Gasteiger partial charge in [-0.2, -0.15) is 0 Å². The molecule has 1 heterocycles. The lowest BCUT2D eigenvalue weighted by Crippen LogP contribution is -2.35. The number of carbonyl (C=O) groups is 2. The minimum atomic E-state index is -0.739. The molecule has 0 radical (unpaired) electrons. The first-order valence-corrected chi connectivity index (χ1v) is 5.43. The predicted molar refractivity (Wildman–Crippen MR) is 61.9 cm³/mol. The minimum absolute atomic E-state index is 0.316. The predicted octanol–water partition coefficient (Wildman–Crippen LogP) is 0.897. The lowest BCUT2D eigenvalue weighted by molar-refractivity contribution is -0.150. The van der Waals surface area contributed by atoms with Crippen molar-refractivity contribution in [2.24, 2.45) is 5.92 Å². The molecule has 5 heteroatoms. The van der Waals surface area contributed by atoms with Gasteiger partial charge < -0.3 is 10.1 Å². The third-order valence-electron chi connectivity index (χ3n) is 2.40. The normalized spacial score (nSPS) is 11.6. The fourth-order valence-corrected chi connectivity index (χ4v) is 1.42. The standard InChI is InChI=1S/C12H16N2O3/c1-3-10(12(16)17-2)11(15)14-8-9-5-4-6-13-7-9/h4-7,10H,3,8H2,1-2H3,(H,14,15). The molecule has 0 aliphatic rings. The van der Waals surface area contributed by atoms with Crippen molar-refractivity contribution < 1.29 is 14.3 Å². The Morgan fingerprint density at radius 1 is 1.53 bits per heavy atom. The Balaban J connectivity index is 2.51. The van der Waals surface area contributed by atoms with Crippen LogP contribution in [0.5, 0.6) is 0 Å². The van der Waals surface area contributed by atoms with E-state index < -0.39 is 11.9 Å². The summed E-state index contributed by atoms with van der Waals surface area (Å²) < 4.78 is 4.56. The van der Waals surface area contributed by atoms with E-state index in [9.17, 15) is 9.59 Å². The first-order chi connectivity index (χ1) is 8.19. The molecule has 92 valence electrons. The lowest BCUT2D eigenvalue weighted by Gasteiger charge is -2.12. The zero-order valence-electron chi connectivity index (χ0n) is 9.97. The van der Waals surface area contributed by atoms with Crippen LogP contribution in [0.25, 0.3) is 0 Å². The van der Waals surface area contributed by atoms with Crippen LogP contribution in [-0.2, 0) is 20.9 Å². The van der Waals surface area contributed by atoms with Crippen molar-refractivity contribution in [2.75, 3.05) is 7.11 Å². The molecular formula is C12H16N2O3. The van der Waals surface area contributed by atoms with Gasteiger partial charge in [-0.3, -0.25) is 14.6 Å². The Hall–Kier alpha value is -1.91. The summed E-state index contributed by atoms with van der Waals surface area (Å²) in [6.07, 6.45) is 3.75. The first kappa shape index (κ1) is 13.2. The van der Waals surface area contributed by atoms with Crippen molar-refractivity contribution in [1.82, 2.24) is 10.3 Å². The number of ether oxygens (including phenoxy) is 1. The van der Waals surface area contributed by atoms with Gasteiger partial charge in [0.1, 0.15) is 5.92 Å². The first-order valence-electron chi connectivity index (χ1n) is 5.43. The van der Waals surface area contributed by atoms with E-state index in [0.29, 0.717) is 13.0 Å². The molecule has 1 aromatic heterocycles. The molecule has 1 amide bonds. The van der Waals surface area contributed by atoms with Gasteiger partial charge in [0.15, 0.2) is 0 Å². The molecule has 0 saturated carbocycles. The summed E-state index contributed by atoms with van der Waals surface area (Å²) in [5, 5.41) is 2.69. The van der Waals surface area contributed by atoms with E-state index in [1.165, 1.54) is 7.11 Å². The van der Waals surface area contributed by atoms with E-state index >= 15 is 0 Å². The molecular weight excluding hydrogens is 220 g/mol. The topological polar surface area (TPSA) is 68.3 Å². The second-order valence-electron chi connectivity index (χ2n) is 3.56. The Labute approximate surface area is 100 Å². The van der Waals surface area contributed by atoms with Crippen LogP contribution in [0.3, 0.4) is 0 Å². The molecule has 0 spiro atoms. The maximum atomic E-state index is 11.7.